The average molecular weight is 255 g/mol. The van der Waals surface area contributed by atoms with Crippen molar-refractivity contribution in [2.75, 3.05) is 5.32 Å². The summed E-state index contributed by atoms with van der Waals surface area (Å²) < 4.78 is 0. The third-order valence-electron chi connectivity index (χ3n) is 3.29. The number of nitrogens with one attached hydrogen (secondary N) is 1. The van der Waals surface area contributed by atoms with Crippen molar-refractivity contribution in [3.8, 4) is 0 Å². The number of aromatic nitrogens is 2. The number of nitrogens with zero attached hydrogens (tertiary/aromatic N) is 2. The SMILES string of the molecule is O=C(O)c1ccc(NC2Cc3ccccc3C2)nn1. The van der Waals surface area contributed by atoms with Crippen LogP contribution in [-0.2, 0) is 12.8 Å². The van der Waals surface area contributed by atoms with Crippen LogP contribution >= 0.6 is 0 Å². The van der Waals surface area contributed by atoms with Gasteiger partial charge in [0.2, 0.25) is 0 Å². The Bertz CT molecular complexity index is 585. The highest BCUT2D eigenvalue weighted by Gasteiger charge is 2.21. The Morgan fingerprint density at radius 3 is 2.32 bits per heavy atom. The summed E-state index contributed by atoms with van der Waals surface area (Å²) in [5.74, 6) is -0.449. The van der Waals surface area contributed by atoms with E-state index < -0.39 is 5.97 Å². The van der Waals surface area contributed by atoms with E-state index in [-0.39, 0.29) is 5.69 Å². The number of hydrogen-bond acceptors (Lipinski definition) is 4. The third-order valence-corrected chi connectivity index (χ3v) is 3.29. The van der Waals surface area contributed by atoms with E-state index in [1.807, 2.05) is 12.1 Å². The minimum Gasteiger partial charge on any atom is -0.476 e. The van der Waals surface area contributed by atoms with Crippen molar-refractivity contribution in [2.45, 2.75) is 18.9 Å². The Kier molecular flexibility index (Phi) is 2.87. The van der Waals surface area contributed by atoms with Crippen molar-refractivity contribution in [2.24, 2.45) is 0 Å². The van der Waals surface area contributed by atoms with Crippen LogP contribution in [0.4, 0.5) is 5.82 Å². The molecule has 0 amide bonds. The summed E-state index contributed by atoms with van der Waals surface area (Å²) in [5.41, 5.74) is 2.67. The highest BCUT2D eigenvalue weighted by Crippen LogP contribution is 2.23. The van der Waals surface area contributed by atoms with Gasteiger partial charge in [-0.1, -0.05) is 24.3 Å². The fourth-order valence-corrected chi connectivity index (χ4v) is 2.39. The van der Waals surface area contributed by atoms with Gasteiger partial charge in [0, 0.05) is 6.04 Å². The molecular formula is C14H13N3O2. The van der Waals surface area contributed by atoms with Gasteiger partial charge < -0.3 is 10.4 Å². The fourth-order valence-electron chi connectivity index (χ4n) is 2.39. The second kappa shape index (κ2) is 4.68. The first-order chi connectivity index (χ1) is 9.22. The van der Waals surface area contributed by atoms with Crippen LogP contribution in [0.1, 0.15) is 21.6 Å². The molecule has 19 heavy (non-hydrogen) atoms. The molecule has 1 aromatic carbocycles. The monoisotopic (exact) mass is 255 g/mol. The summed E-state index contributed by atoms with van der Waals surface area (Å²) in [6, 6.07) is 11.8. The zero-order chi connectivity index (χ0) is 13.2. The van der Waals surface area contributed by atoms with Crippen LogP contribution in [-0.4, -0.2) is 27.3 Å². The van der Waals surface area contributed by atoms with Gasteiger partial charge in [0.05, 0.1) is 0 Å². The molecule has 96 valence electrons. The van der Waals surface area contributed by atoms with Gasteiger partial charge in [-0.25, -0.2) is 4.79 Å². The Balaban J connectivity index is 1.69. The molecule has 2 N–H and O–H groups in total. The molecular weight excluding hydrogens is 242 g/mol. The van der Waals surface area contributed by atoms with Gasteiger partial charge in [0.15, 0.2) is 5.69 Å². The lowest BCUT2D eigenvalue weighted by Gasteiger charge is -2.11. The highest BCUT2D eigenvalue weighted by molar-refractivity contribution is 5.85. The molecule has 5 heteroatoms. The van der Waals surface area contributed by atoms with Crippen LogP contribution in [0.2, 0.25) is 0 Å². The maximum atomic E-state index is 10.7. The standard InChI is InChI=1S/C14H13N3O2/c18-14(19)12-5-6-13(17-16-12)15-11-7-9-3-1-2-4-10(9)8-11/h1-6,11H,7-8H2,(H,15,17)(H,18,19). The first kappa shape index (κ1) is 11.6. The van der Waals surface area contributed by atoms with Crippen molar-refractivity contribution < 1.29 is 9.90 Å². The molecule has 5 nitrogen and oxygen atoms in total. The Morgan fingerprint density at radius 1 is 1.11 bits per heavy atom. The van der Waals surface area contributed by atoms with E-state index in [1.165, 1.54) is 17.2 Å². The molecule has 0 bridgehead atoms. The second-order valence-corrected chi connectivity index (χ2v) is 4.63. The number of carbonyl (C=O) groups is 1. The first-order valence-corrected chi connectivity index (χ1v) is 6.13. The molecule has 1 aliphatic carbocycles. The summed E-state index contributed by atoms with van der Waals surface area (Å²) in [5, 5.41) is 19.6. The molecule has 0 fully saturated rings. The number of carboxylic acids is 1. The minimum absolute atomic E-state index is 0.0414. The van der Waals surface area contributed by atoms with Crippen molar-refractivity contribution in [1.29, 1.82) is 0 Å². The predicted molar refractivity (Wildman–Crippen MR) is 70.3 cm³/mol. The number of anilines is 1. The van der Waals surface area contributed by atoms with Gasteiger partial charge in [-0.15, -0.1) is 10.2 Å². The molecule has 1 heterocycles. The molecule has 0 atom stereocenters. The van der Waals surface area contributed by atoms with E-state index in [0.717, 1.165) is 12.8 Å². The Morgan fingerprint density at radius 2 is 1.79 bits per heavy atom. The van der Waals surface area contributed by atoms with Crippen molar-refractivity contribution in [3.63, 3.8) is 0 Å². The molecule has 0 unspecified atom stereocenters. The molecule has 0 saturated heterocycles. The summed E-state index contributed by atoms with van der Waals surface area (Å²) in [6.45, 7) is 0. The van der Waals surface area contributed by atoms with Crippen LogP contribution in [0.15, 0.2) is 36.4 Å². The van der Waals surface area contributed by atoms with Crippen LogP contribution in [0.25, 0.3) is 0 Å². The molecule has 0 saturated carbocycles. The van der Waals surface area contributed by atoms with Crippen molar-refractivity contribution in [3.05, 3.63) is 53.2 Å². The molecule has 3 rings (SSSR count). The lowest BCUT2D eigenvalue weighted by Crippen LogP contribution is -2.20. The summed E-state index contributed by atoms with van der Waals surface area (Å²) in [4.78, 5) is 10.7. The molecule has 1 aliphatic rings. The van der Waals surface area contributed by atoms with Crippen molar-refractivity contribution >= 4 is 11.8 Å². The topological polar surface area (TPSA) is 75.1 Å². The van der Waals surface area contributed by atoms with E-state index in [9.17, 15) is 4.79 Å². The average Bonchev–Trinajstić information content (AvgIpc) is 2.81. The lowest BCUT2D eigenvalue weighted by molar-refractivity contribution is 0.0689. The van der Waals surface area contributed by atoms with E-state index in [0.29, 0.717) is 11.9 Å². The zero-order valence-corrected chi connectivity index (χ0v) is 10.2. The summed E-state index contributed by atoms with van der Waals surface area (Å²) >= 11 is 0. The second-order valence-electron chi connectivity index (χ2n) is 4.63. The molecule has 0 spiro atoms. The van der Waals surface area contributed by atoms with E-state index in [2.05, 4.69) is 27.6 Å². The third kappa shape index (κ3) is 2.40. The number of benzene rings is 1. The van der Waals surface area contributed by atoms with Gasteiger partial charge in [-0.2, -0.15) is 0 Å². The lowest BCUT2D eigenvalue weighted by atomic mass is 10.1. The number of fused-ring (bicyclic) bond motifs is 1. The molecule has 0 aliphatic heterocycles. The Labute approximate surface area is 110 Å². The maximum Gasteiger partial charge on any atom is 0.356 e. The minimum atomic E-state index is -1.06. The number of rotatable bonds is 3. The highest BCUT2D eigenvalue weighted by atomic mass is 16.4. The predicted octanol–water partition coefficient (Wildman–Crippen LogP) is 1.75. The van der Waals surface area contributed by atoms with Gasteiger partial charge >= 0.3 is 5.97 Å². The normalized spacial score (nSPS) is 14.1. The zero-order valence-electron chi connectivity index (χ0n) is 10.2. The van der Waals surface area contributed by atoms with E-state index in [4.69, 9.17) is 5.11 Å². The maximum absolute atomic E-state index is 10.7. The summed E-state index contributed by atoms with van der Waals surface area (Å²) in [7, 11) is 0. The van der Waals surface area contributed by atoms with Crippen LogP contribution in [0, 0.1) is 0 Å². The quantitative estimate of drug-likeness (QED) is 0.874. The largest absolute Gasteiger partial charge is 0.476 e. The van der Waals surface area contributed by atoms with Gasteiger partial charge in [0.25, 0.3) is 0 Å². The molecule has 0 radical (unpaired) electrons. The van der Waals surface area contributed by atoms with Crippen LogP contribution in [0.5, 0.6) is 0 Å². The summed E-state index contributed by atoms with van der Waals surface area (Å²) in [6.07, 6.45) is 1.91. The number of aromatic carboxylic acids is 1. The Hall–Kier alpha value is -2.43. The van der Waals surface area contributed by atoms with Crippen LogP contribution in [0.3, 0.4) is 0 Å². The smallest absolute Gasteiger partial charge is 0.356 e. The van der Waals surface area contributed by atoms with Crippen LogP contribution < -0.4 is 5.32 Å². The van der Waals surface area contributed by atoms with E-state index >= 15 is 0 Å². The number of carboxylic acid groups (broad SMARTS) is 1. The van der Waals surface area contributed by atoms with Gasteiger partial charge in [0.1, 0.15) is 5.82 Å². The van der Waals surface area contributed by atoms with Gasteiger partial charge in [-0.05, 0) is 36.1 Å². The van der Waals surface area contributed by atoms with Gasteiger partial charge in [-0.3, -0.25) is 0 Å². The molecule has 1 aromatic heterocycles. The van der Waals surface area contributed by atoms with E-state index in [1.54, 1.807) is 6.07 Å². The van der Waals surface area contributed by atoms with Crippen molar-refractivity contribution in [1.82, 2.24) is 10.2 Å². The first-order valence-electron chi connectivity index (χ1n) is 6.13. The molecule has 2 aromatic rings. The number of hydrogen-bond donors (Lipinski definition) is 2. The fraction of sp³-hybridized carbons (Fsp3) is 0.214.